The van der Waals surface area contributed by atoms with Crippen molar-refractivity contribution in [3.8, 4) is 10.6 Å². The molecule has 132 valence electrons. The smallest absolute Gasteiger partial charge is 0.135 e. The maximum atomic E-state index is 11.2. The zero-order chi connectivity index (χ0) is 17.9. The highest BCUT2D eigenvalue weighted by molar-refractivity contribution is 7.80. The molecule has 1 aromatic carbocycles. The van der Waals surface area contributed by atoms with Crippen molar-refractivity contribution < 1.29 is 14.3 Å². The molecule has 2 aromatic rings. The zero-order valence-electron chi connectivity index (χ0n) is 14.4. The quantitative estimate of drug-likeness (QED) is 0.560. The molecule has 0 atom stereocenters. The number of rotatable bonds is 6. The van der Waals surface area contributed by atoms with Crippen molar-refractivity contribution in [1.29, 1.82) is 0 Å². The van der Waals surface area contributed by atoms with E-state index >= 15 is 0 Å². The van der Waals surface area contributed by atoms with Crippen LogP contribution in [0.5, 0.6) is 0 Å². The summed E-state index contributed by atoms with van der Waals surface area (Å²) in [5.74, 6) is 0.0833. The van der Waals surface area contributed by atoms with Crippen molar-refractivity contribution in [3.05, 3.63) is 40.9 Å². The Kier molecular flexibility index (Phi) is 5.74. The van der Waals surface area contributed by atoms with Gasteiger partial charge in [-0.25, -0.2) is 4.98 Å². The standard InChI is InChI=1S/C19H21NO3S2/c1-13(21)11-16(24)14-3-5-15(6-4-14)18-20-17(12-25-18)19(22-2)7-9-23-10-8-19/h3-6,12H,7-11H2,1-2H3. The molecule has 0 N–H and O–H groups in total. The number of benzene rings is 1. The summed E-state index contributed by atoms with van der Waals surface area (Å²) in [6, 6.07) is 7.94. The minimum Gasteiger partial charge on any atom is -0.381 e. The van der Waals surface area contributed by atoms with Gasteiger partial charge in [0.15, 0.2) is 0 Å². The van der Waals surface area contributed by atoms with E-state index in [2.05, 4.69) is 5.38 Å². The average molecular weight is 376 g/mol. The monoisotopic (exact) mass is 375 g/mol. The van der Waals surface area contributed by atoms with Gasteiger partial charge in [-0.3, -0.25) is 4.79 Å². The van der Waals surface area contributed by atoms with Gasteiger partial charge in [-0.1, -0.05) is 36.5 Å². The molecule has 1 aliphatic rings. The summed E-state index contributed by atoms with van der Waals surface area (Å²) in [5, 5.41) is 3.04. The summed E-state index contributed by atoms with van der Waals surface area (Å²) in [4.78, 5) is 16.7. The van der Waals surface area contributed by atoms with Crippen LogP contribution in [0.1, 0.15) is 37.4 Å². The van der Waals surface area contributed by atoms with Gasteiger partial charge in [0, 0.05) is 55.4 Å². The van der Waals surface area contributed by atoms with E-state index in [1.807, 2.05) is 24.3 Å². The largest absolute Gasteiger partial charge is 0.381 e. The number of ketones is 1. The van der Waals surface area contributed by atoms with Gasteiger partial charge in [0.1, 0.15) is 16.4 Å². The highest BCUT2D eigenvalue weighted by Crippen LogP contribution is 2.37. The second kappa shape index (κ2) is 7.83. The molecule has 0 spiro atoms. The summed E-state index contributed by atoms with van der Waals surface area (Å²) < 4.78 is 11.3. The number of ether oxygens (including phenoxy) is 2. The third kappa shape index (κ3) is 4.03. The first-order chi connectivity index (χ1) is 12.0. The van der Waals surface area contributed by atoms with Crippen LogP contribution in [0.2, 0.25) is 0 Å². The molecule has 1 aromatic heterocycles. The van der Waals surface area contributed by atoms with Gasteiger partial charge >= 0.3 is 0 Å². The predicted molar refractivity (Wildman–Crippen MR) is 103 cm³/mol. The second-order valence-corrected chi connectivity index (χ2v) is 7.58. The maximum absolute atomic E-state index is 11.2. The molecule has 6 heteroatoms. The number of hydrogen-bond donors (Lipinski definition) is 0. The molecule has 1 saturated heterocycles. The summed E-state index contributed by atoms with van der Waals surface area (Å²) in [5.41, 5.74) is 2.61. The van der Waals surface area contributed by atoms with Crippen molar-refractivity contribution in [2.75, 3.05) is 20.3 Å². The molecule has 3 rings (SSSR count). The van der Waals surface area contributed by atoms with E-state index in [0.717, 1.165) is 34.7 Å². The normalized spacial score (nSPS) is 16.6. The summed E-state index contributed by atoms with van der Waals surface area (Å²) in [6.45, 7) is 2.95. The van der Waals surface area contributed by atoms with Crippen molar-refractivity contribution in [2.24, 2.45) is 0 Å². The third-order valence-electron chi connectivity index (χ3n) is 4.53. The Morgan fingerprint density at radius 1 is 1.32 bits per heavy atom. The van der Waals surface area contributed by atoms with E-state index in [4.69, 9.17) is 26.7 Å². The van der Waals surface area contributed by atoms with Crippen LogP contribution >= 0.6 is 23.6 Å². The van der Waals surface area contributed by atoms with Gasteiger partial charge in [-0.15, -0.1) is 11.3 Å². The highest BCUT2D eigenvalue weighted by Gasteiger charge is 2.36. The molecule has 1 aliphatic heterocycles. The van der Waals surface area contributed by atoms with Crippen molar-refractivity contribution in [1.82, 2.24) is 4.98 Å². The molecular formula is C19H21NO3S2. The Balaban J connectivity index is 1.80. The van der Waals surface area contributed by atoms with Crippen molar-refractivity contribution in [2.45, 2.75) is 31.8 Å². The summed E-state index contributed by atoms with van der Waals surface area (Å²) in [6.07, 6.45) is 1.96. The number of thiocarbonyl (C=S) groups is 1. The lowest BCUT2D eigenvalue weighted by Gasteiger charge is -2.34. The number of aromatic nitrogens is 1. The lowest BCUT2D eigenvalue weighted by atomic mass is 9.91. The molecule has 25 heavy (non-hydrogen) atoms. The predicted octanol–water partition coefficient (Wildman–Crippen LogP) is 4.16. The molecule has 0 saturated carbocycles. The molecule has 2 heterocycles. The van der Waals surface area contributed by atoms with Crippen molar-refractivity contribution in [3.63, 3.8) is 0 Å². The van der Waals surface area contributed by atoms with Gasteiger partial charge in [0.25, 0.3) is 0 Å². The first kappa shape index (κ1) is 18.3. The molecule has 4 nitrogen and oxygen atoms in total. The lowest BCUT2D eigenvalue weighted by Crippen LogP contribution is -2.35. The number of thiazole rings is 1. The molecule has 0 amide bonds. The molecule has 0 aliphatic carbocycles. The first-order valence-corrected chi connectivity index (χ1v) is 9.55. The minimum absolute atomic E-state index is 0.0833. The van der Waals surface area contributed by atoms with E-state index in [1.165, 1.54) is 0 Å². The molecule has 1 fully saturated rings. The average Bonchev–Trinajstić information content (AvgIpc) is 3.12. The molecule has 0 radical (unpaired) electrons. The van der Waals surface area contributed by atoms with E-state index < -0.39 is 0 Å². The van der Waals surface area contributed by atoms with Crippen LogP contribution in [0.15, 0.2) is 29.6 Å². The van der Waals surface area contributed by atoms with Crippen LogP contribution in [-0.2, 0) is 19.9 Å². The van der Waals surface area contributed by atoms with Crippen LogP contribution in [0, 0.1) is 0 Å². The van der Waals surface area contributed by atoms with Gasteiger partial charge in [-0.05, 0) is 12.5 Å². The Morgan fingerprint density at radius 2 is 2.00 bits per heavy atom. The molecular weight excluding hydrogens is 354 g/mol. The third-order valence-corrected chi connectivity index (χ3v) is 5.80. The Bertz CT molecular complexity index is 761. The van der Waals surface area contributed by atoms with E-state index in [0.29, 0.717) is 24.5 Å². The fourth-order valence-corrected chi connectivity index (χ4v) is 4.26. The number of methoxy groups -OCH3 is 1. The lowest BCUT2D eigenvalue weighted by molar-refractivity contribution is -0.115. The van der Waals surface area contributed by atoms with Crippen LogP contribution in [-0.4, -0.2) is 36.0 Å². The molecule has 0 bridgehead atoms. The Labute approximate surface area is 157 Å². The minimum atomic E-state index is -0.337. The number of nitrogens with zero attached hydrogens (tertiary/aromatic N) is 1. The van der Waals surface area contributed by atoms with Gasteiger partial charge in [0.2, 0.25) is 0 Å². The fourth-order valence-electron chi connectivity index (χ4n) is 3.01. The van der Waals surface area contributed by atoms with Crippen LogP contribution < -0.4 is 0 Å². The summed E-state index contributed by atoms with van der Waals surface area (Å²) in [7, 11) is 1.75. The van der Waals surface area contributed by atoms with E-state index in [1.54, 1.807) is 25.4 Å². The Morgan fingerprint density at radius 3 is 2.60 bits per heavy atom. The Hall–Kier alpha value is -1.47. The SMILES string of the molecule is COC1(c2csc(-c3ccc(C(=S)CC(C)=O)cc3)n2)CCOCC1. The van der Waals surface area contributed by atoms with Gasteiger partial charge in [0.05, 0.1) is 5.69 Å². The summed E-state index contributed by atoms with van der Waals surface area (Å²) >= 11 is 6.93. The van der Waals surface area contributed by atoms with E-state index in [9.17, 15) is 4.79 Å². The fraction of sp³-hybridized carbons (Fsp3) is 0.421. The van der Waals surface area contributed by atoms with E-state index in [-0.39, 0.29) is 11.4 Å². The van der Waals surface area contributed by atoms with Crippen LogP contribution in [0.3, 0.4) is 0 Å². The number of carbonyl (C=O) groups is 1. The number of hydrogen-bond acceptors (Lipinski definition) is 6. The van der Waals surface area contributed by atoms with Crippen LogP contribution in [0.25, 0.3) is 10.6 Å². The first-order valence-electron chi connectivity index (χ1n) is 8.26. The van der Waals surface area contributed by atoms with Crippen LogP contribution in [0.4, 0.5) is 0 Å². The molecule has 0 unspecified atom stereocenters. The highest BCUT2D eigenvalue weighted by atomic mass is 32.1. The topological polar surface area (TPSA) is 48.4 Å². The number of Topliss-reactive ketones (excluding diaryl/α,β-unsaturated/α-hetero) is 1. The maximum Gasteiger partial charge on any atom is 0.135 e. The van der Waals surface area contributed by atoms with Crippen molar-refractivity contribution >= 4 is 34.2 Å². The second-order valence-electron chi connectivity index (χ2n) is 6.23. The van der Waals surface area contributed by atoms with Gasteiger partial charge in [-0.2, -0.15) is 0 Å². The zero-order valence-corrected chi connectivity index (χ0v) is 16.0. The van der Waals surface area contributed by atoms with Gasteiger partial charge < -0.3 is 9.47 Å². The number of carbonyl (C=O) groups excluding carboxylic acids is 1.